The van der Waals surface area contributed by atoms with Gasteiger partial charge in [-0.05, 0) is 29.8 Å². The lowest BCUT2D eigenvalue weighted by Crippen LogP contribution is -2.01. The molecule has 0 aliphatic rings. The Bertz CT molecular complexity index is 737. The SMILES string of the molecule is N#Cc1ccc(CNc2ccc(Cn3cncn3)cc2)s1. The molecule has 0 saturated carbocycles. The van der Waals surface area contributed by atoms with Gasteiger partial charge in [0, 0.05) is 17.1 Å². The van der Waals surface area contributed by atoms with Crippen LogP contribution in [0.3, 0.4) is 0 Å². The fourth-order valence-corrected chi connectivity index (χ4v) is 2.70. The number of benzene rings is 1. The maximum absolute atomic E-state index is 8.80. The number of hydrogen-bond acceptors (Lipinski definition) is 5. The van der Waals surface area contributed by atoms with Crippen molar-refractivity contribution < 1.29 is 0 Å². The lowest BCUT2D eigenvalue weighted by molar-refractivity contribution is 0.685. The first kappa shape index (κ1) is 13.3. The van der Waals surface area contributed by atoms with E-state index in [4.69, 9.17) is 5.26 Å². The average Bonchev–Trinajstić information content (AvgIpc) is 3.18. The van der Waals surface area contributed by atoms with E-state index in [0.717, 1.165) is 28.5 Å². The first-order valence-electron chi connectivity index (χ1n) is 6.47. The van der Waals surface area contributed by atoms with Crippen LogP contribution in [-0.4, -0.2) is 14.8 Å². The van der Waals surface area contributed by atoms with Crippen LogP contribution in [-0.2, 0) is 13.1 Å². The van der Waals surface area contributed by atoms with Crippen LogP contribution in [0.5, 0.6) is 0 Å². The lowest BCUT2D eigenvalue weighted by atomic mass is 10.2. The van der Waals surface area contributed by atoms with Crippen molar-refractivity contribution in [1.82, 2.24) is 14.8 Å². The van der Waals surface area contributed by atoms with Gasteiger partial charge >= 0.3 is 0 Å². The summed E-state index contributed by atoms with van der Waals surface area (Å²) in [6, 6.07) is 14.2. The molecule has 1 N–H and O–H groups in total. The van der Waals surface area contributed by atoms with Crippen LogP contribution in [0.1, 0.15) is 15.3 Å². The Kier molecular flexibility index (Phi) is 3.94. The summed E-state index contributed by atoms with van der Waals surface area (Å²) in [6.45, 7) is 1.45. The van der Waals surface area contributed by atoms with E-state index in [2.05, 4.69) is 33.6 Å². The van der Waals surface area contributed by atoms with Gasteiger partial charge in [-0.15, -0.1) is 11.3 Å². The van der Waals surface area contributed by atoms with Crippen molar-refractivity contribution in [2.24, 2.45) is 0 Å². The maximum atomic E-state index is 8.80. The van der Waals surface area contributed by atoms with Crippen LogP contribution >= 0.6 is 11.3 Å². The highest BCUT2D eigenvalue weighted by Crippen LogP contribution is 2.17. The summed E-state index contributed by atoms with van der Waals surface area (Å²) >= 11 is 1.52. The van der Waals surface area contributed by atoms with E-state index < -0.39 is 0 Å². The first-order chi connectivity index (χ1) is 10.3. The summed E-state index contributed by atoms with van der Waals surface area (Å²) in [7, 11) is 0. The molecular formula is C15H13N5S. The van der Waals surface area contributed by atoms with Gasteiger partial charge in [-0.1, -0.05) is 12.1 Å². The van der Waals surface area contributed by atoms with Crippen molar-refractivity contribution in [2.45, 2.75) is 13.1 Å². The molecular weight excluding hydrogens is 282 g/mol. The number of anilines is 1. The highest BCUT2D eigenvalue weighted by atomic mass is 32.1. The highest BCUT2D eigenvalue weighted by molar-refractivity contribution is 7.12. The zero-order valence-corrected chi connectivity index (χ0v) is 12.0. The molecule has 0 amide bonds. The molecule has 0 aliphatic carbocycles. The van der Waals surface area contributed by atoms with E-state index in [-0.39, 0.29) is 0 Å². The maximum Gasteiger partial charge on any atom is 0.137 e. The monoisotopic (exact) mass is 295 g/mol. The van der Waals surface area contributed by atoms with Gasteiger partial charge in [0.2, 0.25) is 0 Å². The molecule has 6 heteroatoms. The number of nitriles is 1. The predicted molar refractivity (Wildman–Crippen MR) is 81.9 cm³/mol. The molecule has 0 spiro atoms. The fraction of sp³-hybridized carbons (Fsp3) is 0.133. The largest absolute Gasteiger partial charge is 0.380 e. The molecule has 21 heavy (non-hydrogen) atoms. The van der Waals surface area contributed by atoms with E-state index in [9.17, 15) is 0 Å². The zero-order chi connectivity index (χ0) is 14.5. The molecule has 1 aromatic carbocycles. The number of nitrogens with zero attached hydrogens (tertiary/aromatic N) is 4. The number of aromatic nitrogens is 3. The molecule has 3 aromatic rings. The van der Waals surface area contributed by atoms with Crippen LogP contribution in [0.4, 0.5) is 5.69 Å². The molecule has 2 aromatic heterocycles. The van der Waals surface area contributed by atoms with Gasteiger partial charge in [0.15, 0.2) is 0 Å². The fourth-order valence-electron chi connectivity index (χ4n) is 1.95. The molecule has 3 rings (SSSR count). The quantitative estimate of drug-likeness (QED) is 0.786. The van der Waals surface area contributed by atoms with Gasteiger partial charge in [-0.2, -0.15) is 10.4 Å². The van der Waals surface area contributed by atoms with Crippen LogP contribution in [0, 0.1) is 11.3 Å². The van der Waals surface area contributed by atoms with E-state index in [0.29, 0.717) is 0 Å². The van der Waals surface area contributed by atoms with Crippen LogP contribution in [0.15, 0.2) is 49.1 Å². The van der Waals surface area contributed by atoms with Crippen molar-refractivity contribution in [2.75, 3.05) is 5.32 Å². The Morgan fingerprint density at radius 2 is 2.05 bits per heavy atom. The van der Waals surface area contributed by atoms with E-state index in [1.807, 2.05) is 24.3 Å². The number of hydrogen-bond donors (Lipinski definition) is 1. The Balaban J connectivity index is 1.58. The second kappa shape index (κ2) is 6.20. The first-order valence-corrected chi connectivity index (χ1v) is 7.29. The van der Waals surface area contributed by atoms with Gasteiger partial charge in [-0.3, -0.25) is 0 Å². The second-order valence-electron chi connectivity index (χ2n) is 4.52. The number of rotatable bonds is 5. The van der Waals surface area contributed by atoms with Gasteiger partial charge < -0.3 is 5.32 Å². The predicted octanol–water partition coefficient (Wildman–Crippen LogP) is 2.87. The van der Waals surface area contributed by atoms with Crippen molar-refractivity contribution >= 4 is 17.0 Å². The molecule has 2 heterocycles. The summed E-state index contributed by atoms with van der Waals surface area (Å²) < 4.78 is 1.79. The van der Waals surface area contributed by atoms with Crippen LogP contribution in [0.2, 0.25) is 0 Å². The van der Waals surface area contributed by atoms with E-state index >= 15 is 0 Å². The standard InChI is InChI=1S/C15H13N5S/c16-7-14-5-6-15(21-14)8-18-13-3-1-12(2-4-13)9-20-11-17-10-19-20/h1-6,10-11,18H,8-9H2. The van der Waals surface area contributed by atoms with E-state index in [1.54, 1.807) is 11.0 Å². The Hall–Kier alpha value is -2.65. The molecule has 0 aliphatic heterocycles. The summed E-state index contributed by atoms with van der Waals surface area (Å²) in [5, 5.41) is 16.2. The van der Waals surface area contributed by atoms with E-state index in [1.165, 1.54) is 23.2 Å². The van der Waals surface area contributed by atoms with Gasteiger partial charge in [0.05, 0.1) is 6.54 Å². The smallest absolute Gasteiger partial charge is 0.137 e. The van der Waals surface area contributed by atoms with Crippen molar-refractivity contribution in [3.05, 3.63) is 64.4 Å². The third-order valence-corrected chi connectivity index (χ3v) is 3.99. The molecule has 0 radical (unpaired) electrons. The zero-order valence-electron chi connectivity index (χ0n) is 11.2. The Labute approximate surface area is 126 Å². The van der Waals surface area contributed by atoms with Crippen molar-refractivity contribution in [3.63, 3.8) is 0 Å². The molecule has 0 bridgehead atoms. The van der Waals surface area contributed by atoms with Crippen molar-refractivity contribution in [3.8, 4) is 6.07 Å². The third kappa shape index (κ3) is 3.46. The van der Waals surface area contributed by atoms with Crippen molar-refractivity contribution in [1.29, 1.82) is 5.26 Å². The molecule has 0 atom stereocenters. The van der Waals surface area contributed by atoms with Gasteiger partial charge in [0.1, 0.15) is 23.6 Å². The molecule has 5 nitrogen and oxygen atoms in total. The normalized spacial score (nSPS) is 10.2. The minimum absolute atomic E-state index is 0.719. The Morgan fingerprint density at radius 3 is 2.71 bits per heavy atom. The molecule has 0 unspecified atom stereocenters. The Morgan fingerprint density at radius 1 is 1.19 bits per heavy atom. The number of nitrogens with one attached hydrogen (secondary N) is 1. The lowest BCUT2D eigenvalue weighted by Gasteiger charge is -2.06. The number of thiophene rings is 1. The van der Waals surface area contributed by atoms with Gasteiger partial charge in [-0.25, -0.2) is 9.67 Å². The minimum Gasteiger partial charge on any atom is -0.380 e. The summed E-state index contributed by atoms with van der Waals surface area (Å²) in [6.07, 6.45) is 3.24. The van der Waals surface area contributed by atoms with Crippen LogP contribution < -0.4 is 5.32 Å². The highest BCUT2D eigenvalue weighted by Gasteiger charge is 2.00. The molecule has 0 fully saturated rings. The topological polar surface area (TPSA) is 66.5 Å². The van der Waals surface area contributed by atoms with Gasteiger partial charge in [0.25, 0.3) is 0 Å². The molecule has 0 saturated heterocycles. The summed E-state index contributed by atoms with van der Waals surface area (Å²) in [5.41, 5.74) is 2.23. The molecule has 104 valence electrons. The summed E-state index contributed by atoms with van der Waals surface area (Å²) in [4.78, 5) is 5.82. The second-order valence-corrected chi connectivity index (χ2v) is 5.69. The van der Waals surface area contributed by atoms with Crippen LogP contribution in [0.25, 0.3) is 0 Å². The minimum atomic E-state index is 0.719. The summed E-state index contributed by atoms with van der Waals surface area (Å²) in [5.74, 6) is 0. The average molecular weight is 295 g/mol. The third-order valence-electron chi connectivity index (χ3n) is 3.00.